The number of thiazole rings is 1. The molecule has 0 spiro atoms. The van der Waals surface area contributed by atoms with E-state index in [1.165, 1.54) is 11.3 Å². The quantitative estimate of drug-likeness (QED) is 0.642. The number of hydrogen-bond donors (Lipinski definition) is 1. The minimum atomic E-state index is -0.189. The maximum absolute atomic E-state index is 12.8. The van der Waals surface area contributed by atoms with Gasteiger partial charge in [-0.2, -0.15) is 5.26 Å². The molecule has 1 amide bonds. The van der Waals surface area contributed by atoms with Crippen molar-refractivity contribution in [2.75, 3.05) is 6.54 Å². The van der Waals surface area contributed by atoms with Crippen LogP contribution in [-0.4, -0.2) is 38.9 Å². The lowest BCUT2D eigenvalue weighted by Gasteiger charge is -2.15. The largest absolute Gasteiger partial charge is 0.342 e. The lowest BCUT2D eigenvalue weighted by Crippen LogP contribution is -2.43. The van der Waals surface area contributed by atoms with Gasteiger partial charge in [0.2, 0.25) is 0 Å². The second-order valence-corrected chi connectivity index (χ2v) is 9.73. The zero-order chi connectivity index (χ0) is 19.6. The van der Waals surface area contributed by atoms with Gasteiger partial charge >= 0.3 is 0 Å². The summed E-state index contributed by atoms with van der Waals surface area (Å²) < 4.78 is 0. The number of fused-ring (bicyclic) bond motifs is 1. The van der Waals surface area contributed by atoms with Crippen molar-refractivity contribution in [1.29, 1.82) is 5.26 Å². The molecule has 2 saturated heterocycles. The topological polar surface area (TPSA) is 81.9 Å². The van der Waals surface area contributed by atoms with E-state index in [4.69, 9.17) is 5.26 Å². The summed E-state index contributed by atoms with van der Waals surface area (Å²) >= 11 is 3.05. The van der Waals surface area contributed by atoms with Crippen molar-refractivity contribution < 1.29 is 4.79 Å². The summed E-state index contributed by atoms with van der Waals surface area (Å²) in [6.07, 6.45) is 7.57. The number of amides is 1. The van der Waals surface area contributed by atoms with Crippen molar-refractivity contribution in [3.05, 3.63) is 60.0 Å². The van der Waals surface area contributed by atoms with Crippen LogP contribution in [-0.2, 0) is 0 Å². The van der Waals surface area contributed by atoms with Gasteiger partial charge in [-0.25, -0.2) is 4.98 Å². The fraction of sp³-hybridized carbons (Fsp3) is 0.238. The highest BCUT2D eigenvalue weighted by molar-refractivity contribution is 7.99. The molecule has 2 aromatic heterocycles. The van der Waals surface area contributed by atoms with Gasteiger partial charge in [0.1, 0.15) is 0 Å². The molecule has 8 heteroatoms. The second-order valence-electron chi connectivity index (χ2n) is 7.58. The zero-order valence-corrected chi connectivity index (χ0v) is 16.8. The molecule has 4 aliphatic rings. The fourth-order valence-electron chi connectivity index (χ4n) is 4.62. The van der Waals surface area contributed by atoms with Gasteiger partial charge in [-0.15, -0.1) is 11.3 Å². The number of nitriles is 1. The van der Waals surface area contributed by atoms with Crippen molar-refractivity contribution in [1.82, 2.24) is 20.2 Å². The van der Waals surface area contributed by atoms with Crippen molar-refractivity contribution >= 4 is 29.0 Å². The Labute approximate surface area is 175 Å². The van der Waals surface area contributed by atoms with Crippen molar-refractivity contribution in [2.45, 2.75) is 21.4 Å². The third kappa shape index (κ3) is 2.51. The van der Waals surface area contributed by atoms with E-state index in [2.05, 4.69) is 33.6 Å². The number of hydrogen-bond acceptors (Lipinski definition) is 7. The highest BCUT2D eigenvalue weighted by atomic mass is 32.2. The van der Waals surface area contributed by atoms with Crippen LogP contribution in [0, 0.1) is 23.3 Å². The van der Waals surface area contributed by atoms with E-state index >= 15 is 0 Å². The molecule has 4 fully saturated rings. The van der Waals surface area contributed by atoms with Gasteiger partial charge in [-0.1, -0.05) is 30.0 Å². The van der Waals surface area contributed by atoms with E-state index in [1.807, 2.05) is 30.5 Å². The van der Waals surface area contributed by atoms with E-state index in [9.17, 15) is 4.79 Å². The van der Waals surface area contributed by atoms with Gasteiger partial charge in [0, 0.05) is 45.8 Å². The van der Waals surface area contributed by atoms with Crippen LogP contribution >= 0.6 is 23.1 Å². The molecule has 2 atom stereocenters. The summed E-state index contributed by atoms with van der Waals surface area (Å²) in [5.41, 5.74) is 0.785. The maximum atomic E-state index is 12.8. The summed E-state index contributed by atoms with van der Waals surface area (Å²) in [7, 11) is 0. The van der Waals surface area contributed by atoms with Crippen LogP contribution in [0.1, 0.15) is 9.80 Å². The summed E-state index contributed by atoms with van der Waals surface area (Å²) in [5, 5.41) is 12.8. The van der Waals surface area contributed by atoms with E-state index in [0.717, 1.165) is 20.2 Å². The van der Waals surface area contributed by atoms with Gasteiger partial charge in [0.05, 0.1) is 23.0 Å². The molecule has 7 rings (SSSR count). The Kier molecular flexibility index (Phi) is 3.55. The van der Waals surface area contributed by atoms with Gasteiger partial charge in [0.25, 0.3) is 5.91 Å². The Morgan fingerprint density at radius 1 is 1.28 bits per heavy atom. The minimum absolute atomic E-state index is 0.145. The van der Waals surface area contributed by atoms with Gasteiger partial charge in [-0.05, 0) is 18.2 Å². The average Bonchev–Trinajstić information content (AvgIpc) is 3.42. The van der Waals surface area contributed by atoms with Crippen LogP contribution in [0.5, 0.6) is 0 Å². The monoisotopic (exact) mass is 417 g/mol. The summed E-state index contributed by atoms with van der Waals surface area (Å²) in [6.45, 7) is 0.633. The van der Waals surface area contributed by atoms with Crippen LogP contribution in [0.4, 0.5) is 0 Å². The highest BCUT2D eigenvalue weighted by Crippen LogP contribution is 2.77. The highest BCUT2D eigenvalue weighted by Gasteiger charge is 2.91. The van der Waals surface area contributed by atoms with Gasteiger partial charge in [-0.3, -0.25) is 9.78 Å². The van der Waals surface area contributed by atoms with Crippen LogP contribution in [0.15, 0.2) is 64.8 Å². The minimum Gasteiger partial charge on any atom is -0.342 e. The van der Waals surface area contributed by atoms with Crippen LogP contribution in [0.25, 0.3) is 10.4 Å². The molecule has 0 radical (unpaired) electrons. The smallest absolute Gasteiger partial charge is 0.280 e. The molecule has 1 N–H and O–H groups in total. The van der Waals surface area contributed by atoms with Crippen LogP contribution in [0.2, 0.25) is 0 Å². The number of carbonyl (C=O) groups excluding carboxylic acids is 1. The third-order valence-electron chi connectivity index (χ3n) is 6.05. The lowest BCUT2D eigenvalue weighted by atomic mass is 10.1. The van der Waals surface area contributed by atoms with E-state index in [-0.39, 0.29) is 11.4 Å². The summed E-state index contributed by atoms with van der Waals surface area (Å²) in [6, 6.07) is 12.5. The predicted octanol–water partition coefficient (Wildman–Crippen LogP) is 3.25. The first-order valence-corrected chi connectivity index (χ1v) is 11.0. The molecule has 142 valence electrons. The van der Waals surface area contributed by atoms with Crippen LogP contribution in [0.3, 0.4) is 0 Å². The lowest BCUT2D eigenvalue weighted by molar-refractivity contribution is 0.0925. The standard InChI is InChI=1S/C21H15N5OS2/c22-11-26-10-21(16-17(21)18(16)26)25-19(27)20-24-9-15(29-20)13-8-23-7-6-14(13)28-12-4-2-1-3-5-12/h1-9,16-18H,10H2,(H,25,27). The number of benzene rings is 1. The molecule has 29 heavy (non-hydrogen) atoms. The van der Waals surface area contributed by atoms with Gasteiger partial charge < -0.3 is 10.2 Å². The predicted molar refractivity (Wildman–Crippen MR) is 109 cm³/mol. The van der Waals surface area contributed by atoms with Crippen molar-refractivity contribution in [3.63, 3.8) is 0 Å². The molecule has 6 nitrogen and oxygen atoms in total. The number of carbonyl (C=O) groups is 1. The number of nitrogens with one attached hydrogen (secondary N) is 1. The fourth-order valence-corrected chi connectivity index (χ4v) is 6.47. The Bertz CT molecular complexity index is 1160. The normalized spacial score (nSPS) is 27.8. The molecule has 2 unspecified atom stereocenters. The van der Waals surface area contributed by atoms with Crippen molar-refractivity contribution in [3.8, 4) is 16.6 Å². The average molecular weight is 418 g/mol. The molecule has 2 bridgehead atoms. The number of pyridine rings is 1. The maximum Gasteiger partial charge on any atom is 0.280 e. The molecule has 3 aromatic rings. The van der Waals surface area contributed by atoms with E-state index in [0.29, 0.717) is 29.4 Å². The second kappa shape index (κ2) is 6.05. The van der Waals surface area contributed by atoms with Gasteiger partial charge in [0.15, 0.2) is 11.2 Å². The molecule has 2 aliphatic carbocycles. The van der Waals surface area contributed by atoms with E-state index in [1.54, 1.807) is 29.1 Å². The molecule has 2 saturated carbocycles. The number of aromatic nitrogens is 2. The molecular weight excluding hydrogens is 402 g/mol. The first-order valence-electron chi connectivity index (χ1n) is 9.33. The van der Waals surface area contributed by atoms with E-state index < -0.39 is 0 Å². The number of nitrogens with zero attached hydrogens (tertiary/aromatic N) is 4. The molecule has 2 aliphatic heterocycles. The molecular formula is C21H15N5OS2. The first-order chi connectivity index (χ1) is 14.2. The van der Waals surface area contributed by atoms with Crippen LogP contribution < -0.4 is 5.32 Å². The third-order valence-corrected chi connectivity index (χ3v) is 8.16. The Morgan fingerprint density at radius 3 is 2.86 bits per heavy atom. The number of piperidine rings is 1. The zero-order valence-electron chi connectivity index (χ0n) is 15.1. The summed E-state index contributed by atoms with van der Waals surface area (Å²) in [5.74, 6) is 0.767. The Morgan fingerprint density at radius 2 is 2.10 bits per heavy atom. The Balaban J connectivity index is 1.22. The number of rotatable bonds is 5. The Hall–Kier alpha value is -2.89. The molecule has 1 aromatic carbocycles. The molecule has 4 heterocycles. The first kappa shape index (κ1) is 17.0. The summed E-state index contributed by atoms with van der Waals surface area (Å²) in [4.78, 5) is 26.4. The SMILES string of the molecule is N#CN1CC2(NC(=O)c3ncc(-c4cnccc4Sc4ccccc4)s3)C3C1C32. The van der Waals surface area contributed by atoms with Crippen molar-refractivity contribution in [2.24, 2.45) is 11.8 Å².